The Morgan fingerprint density at radius 2 is 1.96 bits per heavy atom. The van der Waals surface area contributed by atoms with Crippen LogP contribution < -0.4 is 15.8 Å². The molecular formula is C17H21ClN4O2. The Morgan fingerprint density at radius 3 is 2.62 bits per heavy atom. The van der Waals surface area contributed by atoms with E-state index >= 15 is 0 Å². The number of ether oxygens (including phenoxy) is 2. The van der Waals surface area contributed by atoms with Crippen molar-refractivity contribution in [3.05, 3.63) is 41.2 Å². The Bertz CT molecular complexity index is 687. The number of aromatic nitrogens is 2. The van der Waals surface area contributed by atoms with Gasteiger partial charge in [-0.2, -0.15) is 0 Å². The van der Waals surface area contributed by atoms with Crippen LogP contribution in [0.4, 0.5) is 11.6 Å². The topological polar surface area (TPSA) is 82.3 Å². The molecule has 3 rings (SSSR count). The van der Waals surface area contributed by atoms with Crippen molar-refractivity contribution in [3.8, 4) is 5.75 Å². The molecule has 0 aliphatic carbocycles. The molecule has 128 valence electrons. The van der Waals surface area contributed by atoms with Crippen LogP contribution in [0.5, 0.6) is 5.75 Å². The van der Waals surface area contributed by atoms with E-state index in [0.29, 0.717) is 17.4 Å². The maximum absolute atomic E-state index is 6.19. The Labute approximate surface area is 146 Å². The van der Waals surface area contributed by atoms with E-state index in [9.17, 15) is 0 Å². The SMILES string of the molecule is COc1ccc(C2(CNc3ncnc(N)c3Cl)CCOCC2)cc1. The number of methoxy groups -OCH3 is 1. The van der Waals surface area contributed by atoms with E-state index in [1.54, 1.807) is 7.11 Å². The fourth-order valence-electron chi connectivity index (χ4n) is 3.03. The highest BCUT2D eigenvalue weighted by atomic mass is 35.5. The van der Waals surface area contributed by atoms with Gasteiger partial charge in [-0.1, -0.05) is 23.7 Å². The summed E-state index contributed by atoms with van der Waals surface area (Å²) < 4.78 is 10.8. The second-order valence-electron chi connectivity index (χ2n) is 5.90. The van der Waals surface area contributed by atoms with Crippen molar-refractivity contribution >= 4 is 23.2 Å². The molecule has 0 radical (unpaired) electrons. The highest BCUT2D eigenvalue weighted by molar-refractivity contribution is 6.35. The first kappa shape index (κ1) is 16.8. The molecule has 24 heavy (non-hydrogen) atoms. The van der Waals surface area contributed by atoms with Crippen molar-refractivity contribution in [3.63, 3.8) is 0 Å². The van der Waals surface area contributed by atoms with Crippen LogP contribution in [0.15, 0.2) is 30.6 Å². The lowest BCUT2D eigenvalue weighted by atomic mass is 9.74. The number of nitrogens with two attached hydrogens (primary N) is 1. The van der Waals surface area contributed by atoms with Gasteiger partial charge in [-0.25, -0.2) is 9.97 Å². The van der Waals surface area contributed by atoms with Crippen LogP contribution in [0.25, 0.3) is 0 Å². The molecule has 1 fully saturated rings. The van der Waals surface area contributed by atoms with Crippen molar-refractivity contribution in [1.82, 2.24) is 9.97 Å². The minimum absolute atomic E-state index is 0.0481. The minimum Gasteiger partial charge on any atom is -0.497 e. The maximum Gasteiger partial charge on any atom is 0.150 e. The lowest BCUT2D eigenvalue weighted by molar-refractivity contribution is 0.0543. The molecule has 0 atom stereocenters. The molecule has 1 aliphatic heterocycles. The number of benzene rings is 1. The maximum atomic E-state index is 6.19. The monoisotopic (exact) mass is 348 g/mol. The molecule has 0 bridgehead atoms. The van der Waals surface area contributed by atoms with Crippen molar-refractivity contribution < 1.29 is 9.47 Å². The van der Waals surface area contributed by atoms with E-state index in [-0.39, 0.29) is 11.2 Å². The molecule has 2 aromatic rings. The summed E-state index contributed by atoms with van der Waals surface area (Å²) in [6, 6.07) is 8.20. The third-order valence-corrected chi connectivity index (χ3v) is 4.94. The van der Waals surface area contributed by atoms with Gasteiger partial charge in [0.1, 0.15) is 28.7 Å². The largest absolute Gasteiger partial charge is 0.497 e. The van der Waals surface area contributed by atoms with Crippen molar-refractivity contribution in [2.45, 2.75) is 18.3 Å². The van der Waals surface area contributed by atoms with Crippen molar-refractivity contribution in [1.29, 1.82) is 0 Å². The predicted octanol–water partition coefficient (Wildman–Crippen LogP) is 2.88. The molecule has 1 aromatic carbocycles. The first-order valence-electron chi connectivity index (χ1n) is 7.87. The average Bonchev–Trinajstić information content (AvgIpc) is 2.64. The normalized spacial score (nSPS) is 16.6. The second kappa shape index (κ2) is 7.23. The second-order valence-corrected chi connectivity index (χ2v) is 6.27. The average molecular weight is 349 g/mol. The van der Waals surface area contributed by atoms with E-state index < -0.39 is 0 Å². The van der Waals surface area contributed by atoms with Crippen LogP contribution >= 0.6 is 11.6 Å². The summed E-state index contributed by atoms with van der Waals surface area (Å²) in [5.41, 5.74) is 6.95. The van der Waals surface area contributed by atoms with E-state index in [1.165, 1.54) is 11.9 Å². The first-order chi connectivity index (χ1) is 11.6. The van der Waals surface area contributed by atoms with Gasteiger partial charge >= 0.3 is 0 Å². The summed E-state index contributed by atoms with van der Waals surface area (Å²) in [6.07, 6.45) is 3.25. The number of hydrogen-bond acceptors (Lipinski definition) is 6. The van der Waals surface area contributed by atoms with E-state index in [0.717, 1.165) is 31.8 Å². The van der Waals surface area contributed by atoms with Crippen LogP contribution in [-0.2, 0) is 10.2 Å². The fraction of sp³-hybridized carbons (Fsp3) is 0.412. The molecular weight excluding hydrogens is 328 g/mol. The summed E-state index contributed by atoms with van der Waals surface area (Å²) >= 11 is 6.19. The molecule has 2 heterocycles. The van der Waals surface area contributed by atoms with Gasteiger partial charge in [0.05, 0.1) is 7.11 Å². The number of rotatable bonds is 5. The Balaban J connectivity index is 1.84. The third kappa shape index (κ3) is 3.39. The quantitative estimate of drug-likeness (QED) is 0.864. The highest BCUT2D eigenvalue weighted by Gasteiger charge is 2.34. The van der Waals surface area contributed by atoms with Crippen molar-refractivity contribution in [2.75, 3.05) is 37.9 Å². The first-order valence-corrected chi connectivity index (χ1v) is 8.24. The number of halogens is 1. The fourth-order valence-corrected chi connectivity index (χ4v) is 3.20. The van der Waals surface area contributed by atoms with Crippen LogP contribution in [0.3, 0.4) is 0 Å². The Kier molecular flexibility index (Phi) is 5.06. The number of anilines is 2. The smallest absolute Gasteiger partial charge is 0.150 e. The molecule has 3 N–H and O–H groups in total. The summed E-state index contributed by atoms with van der Waals surface area (Å²) in [7, 11) is 1.67. The van der Waals surface area contributed by atoms with Gasteiger partial charge in [-0.3, -0.25) is 0 Å². The van der Waals surface area contributed by atoms with Crippen LogP contribution in [-0.4, -0.2) is 36.8 Å². The number of nitrogen functional groups attached to an aromatic ring is 1. The Morgan fingerprint density at radius 1 is 1.25 bits per heavy atom. The van der Waals surface area contributed by atoms with Gasteiger partial charge in [-0.05, 0) is 30.5 Å². The lowest BCUT2D eigenvalue weighted by Gasteiger charge is -2.38. The van der Waals surface area contributed by atoms with Gasteiger partial charge in [-0.15, -0.1) is 0 Å². The van der Waals surface area contributed by atoms with Gasteiger partial charge in [0.15, 0.2) is 0 Å². The van der Waals surface area contributed by atoms with Gasteiger partial charge < -0.3 is 20.5 Å². The predicted molar refractivity (Wildman–Crippen MR) is 94.7 cm³/mol. The van der Waals surface area contributed by atoms with E-state index in [1.807, 2.05) is 12.1 Å². The van der Waals surface area contributed by atoms with Crippen molar-refractivity contribution in [2.24, 2.45) is 0 Å². The van der Waals surface area contributed by atoms with Gasteiger partial charge in [0.25, 0.3) is 0 Å². The number of nitrogens with one attached hydrogen (secondary N) is 1. The Hall–Kier alpha value is -2.05. The molecule has 1 aliphatic rings. The molecule has 7 heteroatoms. The standard InChI is InChI=1S/C17H21ClN4O2/c1-23-13-4-2-12(3-5-13)17(6-8-24-9-7-17)10-20-16-14(18)15(19)21-11-22-16/h2-5,11H,6-10H2,1H3,(H3,19,20,21,22). The molecule has 0 unspecified atom stereocenters. The molecule has 6 nitrogen and oxygen atoms in total. The summed E-state index contributed by atoms with van der Waals surface area (Å²) in [4.78, 5) is 8.08. The molecule has 1 saturated heterocycles. The highest BCUT2D eigenvalue weighted by Crippen LogP contribution is 2.36. The van der Waals surface area contributed by atoms with Crippen LogP contribution in [0, 0.1) is 0 Å². The van der Waals surface area contributed by atoms with Crippen LogP contribution in [0.2, 0.25) is 5.02 Å². The number of hydrogen-bond donors (Lipinski definition) is 2. The number of nitrogens with zero attached hydrogens (tertiary/aromatic N) is 2. The summed E-state index contributed by atoms with van der Waals surface area (Å²) in [5, 5.41) is 3.70. The summed E-state index contributed by atoms with van der Waals surface area (Å²) in [5.74, 6) is 1.68. The third-order valence-electron chi connectivity index (χ3n) is 4.56. The van der Waals surface area contributed by atoms with Gasteiger partial charge in [0, 0.05) is 25.2 Å². The van der Waals surface area contributed by atoms with Crippen LogP contribution in [0.1, 0.15) is 18.4 Å². The zero-order chi connectivity index (χ0) is 17.0. The molecule has 0 amide bonds. The molecule has 0 saturated carbocycles. The van der Waals surface area contributed by atoms with Gasteiger partial charge in [0.2, 0.25) is 0 Å². The minimum atomic E-state index is -0.0481. The molecule has 0 spiro atoms. The molecule has 1 aromatic heterocycles. The van der Waals surface area contributed by atoms with E-state index in [4.69, 9.17) is 26.8 Å². The summed E-state index contributed by atoms with van der Waals surface area (Å²) in [6.45, 7) is 2.15. The zero-order valence-corrected chi connectivity index (χ0v) is 14.3. The lowest BCUT2D eigenvalue weighted by Crippen LogP contribution is -2.40. The zero-order valence-electron chi connectivity index (χ0n) is 13.6. The van der Waals surface area contributed by atoms with E-state index in [2.05, 4.69) is 27.4 Å².